The summed E-state index contributed by atoms with van der Waals surface area (Å²) in [4.78, 5) is 0. The minimum atomic E-state index is 1.31. The standard InChI is InChI=1S/C8H6B2/c1-2-7-6-9-5-3-8(7)10-4-1/h1-6H. The molecule has 10 heavy (non-hydrogen) atoms. The zero-order valence-electron chi connectivity index (χ0n) is 5.62. The van der Waals surface area contributed by atoms with E-state index in [0.717, 1.165) is 0 Å². The van der Waals surface area contributed by atoms with Crippen LogP contribution in [0.5, 0.6) is 0 Å². The summed E-state index contributed by atoms with van der Waals surface area (Å²) >= 11 is 0. The molecule has 0 aliphatic carbocycles. The molecule has 0 radical (unpaired) electrons. The molecule has 0 N–H and O–H groups in total. The van der Waals surface area contributed by atoms with Crippen molar-refractivity contribution in [2.75, 3.05) is 0 Å². The molecule has 2 heterocycles. The van der Waals surface area contributed by atoms with Crippen molar-refractivity contribution in [1.82, 2.24) is 0 Å². The predicted octanol–water partition coefficient (Wildman–Crippen LogP) is 1.52. The van der Waals surface area contributed by atoms with Crippen LogP contribution in [0.15, 0.2) is 36.1 Å². The first-order chi connectivity index (χ1) is 4.97. The Bertz CT molecular complexity index is 278. The molecule has 2 aromatic heterocycles. The molecular weight excluding hydrogens is 118 g/mol. The van der Waals surface area contributed by atoms with Gasteiger partial charge in [0.15, 0.2) is 0 Å². The molecule has 0 amide bonds. The van der Waals surface area contributed by atoms with Crippen molar-refractivity contribution in [3.63, 3.8) is 0 Å². The van der Waals surface area contributed by atoms with Gasteiger partial charge < -0.3 is 0 Å². The van der Waals surface area contributed by atoms with Crippen molar-refractivity contribution in [3.05, 3.63) is 36.1 Å². The van der Waals surface area contributed by atoms with E-state index in [0.29, 0.717) is 0 Å². The average Bonchev–Trinajstić information content (AvgIpc) is 2.05. The molecule has 0 saturated heterocycles. The molecule has 2 rings (SSSR count). The van der Waals surface area contributed by atoms with E-state index in [1.165, 1.54) is 10.7 Å². The van der Waals surface area contributed by atoms with Crippen LogP contribution in [0.4, 0.5) is 0 Å². The van der Waals surface area contributed by atoms with Crippen molar-refractivity contribution < 1.29 is 0 Å². The van der Waals surface area contributed by atoms with Crippen LogP contribution in [0.2, 0.25) is 0 Å². The zero-order valence-corrected chi connectivity index (χ0v) is 5.62. The van der Waals surface area contributed by atoms with Gasteiger partial charge in [0.2, 0.25) is 0 Å². The summed E-state index contributed by atoms with van der Waals surface area (Å²) in [5.74, 6) is 6.24. The van der Waals surface area contributed by atoms with Gasteiger partial charge in [-0.15, -0.1) is 0 Å². The molecule has 0 atom stereocenters. The summed E-state index contributed by atoms with van der Waals surface area (Å²) in [5.41, 5.74) is 0. The SMILES string of the molecule is b1ccc2bcccc2c1. The molecule has 0 spiro atoms. The number of rotatable bonds is 0. The maximum atomic E-state index is 2.12. The molecule has 2 aromatic rings. The number of hydrogen-bond acceptors (Lipinski definition) is 0. The molecule has 0 bridgehead atoms. The second-order valence-electron chi connectivity index (χ2n) is 2.35. The Morgan fingerprint density at radius 2 is 2.10 bits per heavy atom. The van der Waals surface area contributed by atoms with E-state index in [2.05, 4.69) is 49.9 Å². The van der Waals surface area contributed by atoms with E-state index in [4.69, 9.17) is 0 Å². The van der Waals surface area contributed by atoms with Crippen LogP contribution in [0.1, 0.15) is 0 Å². The number of fused-ring (bicyclic) bond motifs is 1. The summed E-state index contributed by atoms with van der Waals surface area (Å²) in [5, 5.41) is 2.62. The van der Waals surface area contributed by atoms with Gasteiger partial charge in [-0.2, -0.15) is 0 Å². The van der Waals surface area contributed by atoms with Gasteiger partial charge in [0, 0.05) is 0 Å². The first-order valence-electron chi connectivity index (χ1n) is 3.40. The first kappa shape index (κ1) is 5.84. The molecule has 0 aliphatic rings. The van der Waals surface area contributed by atoms with E-state index >= 15 is 0 Å². The Morgan fingerprint density at radius 3 is 3.00 bits per heavy atom. The molecule has 44 valence electrons. The monoisotopic (exact) mass is 124 g/mol. The van der Waals surface area contributed by atoms with E-state index in [9.17, 15) is 0 Å². The van der Waals surface area contributed by atoms with Crippen LogP contribution in [-0.2, 0) is 0 Å². The second kappa shape index (κ2) is 2.37. The van der Waals surface area contributed by atoms with E-state index in [1.54, 1.807) is 0 Å². The predicted molar refractivity (Wildman–Crippen MR) is 46.6 cm³/mol. The summed E-state index contributed by atoms with van der Waals surface area (Å²) < 4.78 is 0. The van der Waals surface area contributed by atoms with Crippen molar-refractivity contribution in [1.29, 1.82) is 0 Å². The zero-order chi connectivity index (χ0) is 6.81. The summed E-state index contributed by atoms with van der Waals surface area (Å²) in [7, 11) is 0. The van der Waals surface area contributed by atoms with Crippen LogP contribution in [0.3, 0.4) is 0 Å². The third-order valence-corrected chi connectivity index (χ3v) is 1.66. The minimum absolute atomic E-state index is 1.31. The van der Waals surface area contributed by atoms with Gasteiger partial charge in [-0.25, -0.2) is 0 Å². The van der Waals surface area contributed by atoms with Gasteiger partial charge >= 0.3 is 60.6 Å². The molecular formula is C8H6B2. The molecule has 2 heteroatoms. The second-order valence-corrected chi connectivity index (χ2v) is 2.35. The Labute approximate surface area is 61.3 Å². The fraction of sp³-hybridized carbons (Fsp3) is 0. The van der Waals surface area contributed by atoms with Gasteiger partial charge in [-0.05, 0) is 0 Å². The van der Waals surface area contributed by atoms with Gasteiger partial charge in [-0.1, -0.05) is 0 Å². The Balaban J connectivity index is 2.89. The topological polar surface area (TPSA) is 0 Å². The van der Waals surface area contributed by atoms with Crippen molar-refractivity contribution in [3.8, 4) is 0 Å². The van der Waals surface area contributed by atoms with Gasteiger partial charge in [0.25, 0.3) is 0 Å². The van der Waals surface area contributed by atoms with Crippen LogP contribution >= 0.6 is 0 Å². The average molecular weight is 124 g/mol. The van der Waals surface area contributed by atoms with Crippen LogP contribution in [0.25, 0.3) is 10.7 Å². The molecule has 0 unspecified atom stereocenters. The fourth-order valence-corrected chi connectivity index (χ4v) is 1.13. The van der Waals surface area contributed by atoms with E-state index < -0.39 is 0 Å². The third-order valence-electron chi connectivity index (χ3n) is 1.66. The Kier molecular flexibility index (Phi) is 1.39. The first-order valence-corrected chi connectivity index (χ1v) is 3.40. The van der Waals surface area contributed by atoms with Crippen LogP contribution in [0, 0.1) is 0 Å². The molecule has 0 aromatic carbocycles. The summed E-state index contributed by atoms with van der Waals surface area (Å²) in [6.45, 7) is 4.18. The molecule has 0 aliphatic heterocycles. The maximum absolute atomic E-state index is 2.12. The summed E-state index contributed by atoms with van der Waals surface area (Å²) in [6.07, 6.45) is 0. The van der Waals surface area contributed by atoms with Gasteiger partial charge in [-0.3, -0.25) is 0 Å². The van der Waals surface area contributed by atoms with Crippen molar-refractivity contribution >= 4 is 24.5 Å². The molecule has 0 saturated carbocycles. The Morgan fingerprint density at radius 1 is 1.10 bits per heavy atom. The molecule has 0 fully saturated rings. The van der Waals surface area contributed by atoms with Gasteiger partial charge in [0.1, 0.15) is 0 Å². The van der Waals surface area contributed by atoms with E-state index in [1.807, 2.05) is 0 Å². The van der Waals surface area contributed by atoms with Crippen LogP contribution in [-0.4, -0.2) is 13.8 Å². The Hall–Kier alpha value is -0.910. The van der Waals surface area contributed by atoms with Crippen LogP contribution < -0.4 is 0 Å². The molecule has 0 nitrogen and oxygen atoms in total. The third kappa shape index (κ3) is 0.900. The van der Waals surface area contributed by atoms with Crippen molar-refractivity contribution in [2.24, 2.45) is 0 Å². The van der Waals surface area contributed by atoms with E-state index in [-0.39, 0.29) is 0 Å². The summed E-state index contributed by atoms with van der Waals surface area (Å²) in [6, 6.07) is 6.30. The van der Waals surface area contributed by atoms with Crippen molar-refractivity contribution in [2.45, 2.75) is 0 Å². The quantitative estimate of drug-likeness (QED) is 0.499. The number of hydrogen-bond donors (Lipinski definition) is 0. The van der Waals surface area contributed by atoms with Gasteiger partial charge in [0.05, 0.1) is 0 Å². The normalized spacial score (nSPS) is 9.20. The fourth-order valence-electron chi connectivity index (χ4n) is 1.13.